The third kappa shape index (κ3) is 2.09. The molecule has 0 aliphatic carbocycles. The van der Waals surface area contributed by atoms with Gasteiger partial charge in [-0.3, -0.25) is 4.68 Å². The number of halogens is 2. The fourth-order valence-electron chi connectivity index (χ4n) is 1.90. The summed E-state index contributed by atoms with van der Waals surface area (Å²) in [4.78, 5) is 11.3. The molecule has 0 fully saturated rings. The molecular weight excluding hydrogens is 275 g/mol. The highest BCUT2D eigenvalue weighted by Gasteiger charge is 2.22. The van der Waals surface area contributed by atoms with Crippen LogP contribution in [0.15, 0.2) is 18.2 Å². The zero-order valence-electron chi connectivity index (χ0n) is 9.74. The van der Waals surface area contributed by atoms with Crippen LogP contribution in [0.2, 0.25) is 10.0 Å². The third-order valence-corrected chi connectivity index (χ3v) is 3.17. The number of hydrogen-bond donors (Lipinski definition) is 1. The lowest BCUT2D eigenvalue weighted by molar-refractivity contribution is 0.0697. The Morgan fingerprint density at radius 2 is 2.06 bits per heavy atom. The van der Waals surface area contributed by atoms with Gasteiger partial charge >= 0.3 is 5.97 Å². The molecule has 4 nitrogen and oxygen atoms in total. The maximum absolute atomic E-state index is 11.3. The van der Waals surface area contributed by atoms with Crippen molar-refractivity contribution < 1.29 is 9.90 Å². The van der Waals surface area contributed by atoms with Crippen molar-refractivity contribution in [1.29, 1.82) is 0 Å². The molecule has 0 aliphatic heterocycles. The molecular formula is C12H10Cl2N2O2. The number of aromatic carboxylic acids is 1. The molecule has 0 saturated heterocycles. The predicted molar refractivity (Wildman–Crippen MR) is 70.4 cm³/mol. The molecule has 0 unspecified atom stereocenters. The summed E-state index contributed by atoms with van der Waals surface area (Å²) in [5.41, 5.74) is 1.68. The predicted octanol–water partition coefficient (Wildman–Crippen LogP) is 3.40. The number of carboxylic acids is 1. The molecule has 1 aromatic heterocycles. The molecule has 1 heterocycles. The number of nitrogens with zero attached hydrogens (tertiary/aromatic N) is 2. The molecule has 6 heteroatoms. The molecule has 0 saturated carbocycles. The summed E-state index contributed by atoms with van der Waals surface area (Å²) in [7, 11) is 1.68. The average molecular weight is 285 g/mol. The Morgan fingerprint density at radius 1 is 1.39 bits per heavy atom. The van der Waals surface area contributed by atoms with E-state index in [4.69, 9.17) is 23.2 Å². The standard InChI is InChI=1S/C12H10Cl2N2O2/c1-6-10(12(17)18)11(16(2)15-6)8-4-3-7(13)5-9(8)14/h3-5H,1-2H3,(H,17,18). The molecule has 0 amide bonds. The first kappa shape index (κ1) is 12.9. The van der Waals surface area contributed by atoms with Crippen molar-refractivity contribution in [3.63, 3.8) is 0 Å². The second-order valence-corrected chi connectivity index (χ2v) is 4.71. The van der Waals surface area contributed by atoms with Gasteiger partial charge in [0.2, 0.25) is 0 Å². The van der Waals surface area contributed by atoms with E-state index in [1.54, 1.807) is 32.2 Å². The lowest BCUT2D eigenvalue weighted by atomic mass is 10.1. The quantitative estimate of drug-likeness (QED) is 0.920. The second kappa shape index (κ2) is 4.63. The third-order valence-electron chi connectivity index (χ3n) is 2.62. The number of hydrogen-bond acceptors (Lipinski definition) is 2. The van der Waals surface area contributed by atoms with Gasteiger partial charge in [-0.15, -0.1) is 0 Å². The van der Waals surface area contributed by atoms with Gasteiger partial charge in [-0.25, -0.2) is 4.79 Å². The van der Waals surface area contributed by atoms with E-state index in [9.17, 15) is 9.90 Å². The van der Waals surface area contributed by atoms with Crippen LogP contribution in [0.1, 0.15) is 16.1 Å². The first-order valence-corrected chi connectivity index (χ1v) is 5.89. The van der Waals surface area contributed by atoms with Crippen molar-refractivity contribution in [3.05, 3.63) is 39.5 Å². The molecule has 1 aromatic carbocycles. The maximum atomic E-state index is 11.3. The van der Waals surface area contributed by atoms with E-state index >= 15 is 0 Å². The minimum atomic E-state index is -1.03. The average Bonchev–Trinajstić information content (AvgIpc) is 2.53. The van der Waals surface area contributed by atoms with Crippen LogP contribution in [-0.2, 0) is 7.05 Å². The summed E-state index contributed by atoms with van der Waals surface area (Å²) >= 11 is 11.9. The highest BCUT2D eigenvalue weighted by Crippen LogP contribution is 2.33. The Hall–Kier alpha value is -1.52. The molecule has 0 spiro atoms. The SMILES string of the molecule is Cc1nn(C)c(-c2ccc(Cl)cc2Cl)c1C(=O)O. The normalized spacial score (nSPS) is 10.7. The van der Waals surface area contributed by atoms with Gasteiger partial charge in [-0.2, -0.15) is 5.10 Å². The zero-order chi connectivity index (χ0) is 13.4. The van der Waals surface area contributed by atoms with Gasteiger partial charge in [0, 0.05) is 17.6 Å². The van der Waals surface area contributed by atoms with Crippen molar-refractivity contribution in [1.82, 2.24) is 9.78 Å². The van der Waals surface area contributed by atoms with Crippen LogP contribution in [0.5, 0.6) is 0 Å². The van der Waals surface area contributed by atoms with Crippen LogP contribution in [0.3, 0.4) is 0 Å². The van der Waals surface area contributed by atoms with E-state index < -0.39 is 5.97 Å². The molecule has 0 radical (unpaired) electrons. The lowest BCUT2D eigenvalue weighted by Crippen LogP contribution is -2.01. The van der Waals surface area contributed by atoms with Gasteiger partial charge in [-0.1, -0.05) is 23.2 Å². The van der Waals surface area contributed by atoms with Crippen LogP contribution >= 0.6 is 23.2 Å². The van der Waals surface area contributed by atoms with E-state index in [1.165, 1.54) is 4.68 Å². The zero-order valence-corrected chi connectivity index (χ0v) is 11.2. The van der Waals surface area contributed by atoms with Crippen molar-refractivity contribution in [3.8, 4) is 11.3 Å². The number of aromatic nitrogens is 2. The molecule has 2 aromatic rings. The molecule has 94 valence electrons. The smallest absolute Gasteiger partial charge is 0.339 e. The minimum Gasteiger partial charge on any atom is -0.478 e. The van der Waals surface area contributed by atoms with Gasteiger partial charge in [0.1, 0.15) is 5.56 Å². The fraction of sp³-hybridized carbons (Fsp3) is 0.167. The van der Waals surface area contributed by atoms with Crippen molar-refractivity contribution in [2.24, 2.45) is 7.05 Å². The Labute approximate surface area is 114 Å². The van der Waals surface area contributed by atoms with Gasteiger partial charge in [-0.05, 0) is 25.1 Å². The Bertz CT molecular complexity index is 635. The minimum absolute atomic E-state index is 0.154. The van der Waals surface area contributed by atoms with Crippen molar-refractivity contribution >= 4 is 29.2 Å². The van der Waals surface area contributed by atoms with Crippen molar-refractivity contribution in [2.75, 3.05) is 0 Å². The molecule has 0 atom stereocenters. The van der Waals surface area contributed by atoms with Gasteiger partial charge in [0.05, 0.1) is 16.4 Å². The van der Waals surface area contributed by atoms with Crippen LogP contribution < -0.4 is 0 Å². The maximum Gasteiger partial charge on any atom is 0.339 e. The summed E-state index contributed by atoms with van der Waals surface area (Å²) in [6, 6.07) is 4.93. The summed E-state index contributed by atoms with van der Waals surface area (Å²) in [6.07, 6.45) is 0. The highest BCUT2D eigenvalue weighted by molar-refractivity contribution is 6.36. The van der Waals surface area contributed by atoms with E-state index in [0.717, 1.165) is 0 Å². The fourth-order valence-corrected chi connectivity index (χ4v) is 2.40. The Kier molecular flexibility index (Phi) is 3.32. The molecule has 0 aliphatic rings. The highest BCUT2D eigenvalue weighted by atomic mass is 35.5. The van der Waals surface area contributed by atoms with Crippen molar-refractivity contribution in [2.45, 2.75) is 6.92 Å². The number of carboxylic acid groups (broad SMARTS) is 1. The molecule has 2 rings (SSSR count). The summed E-state index contributed by atoms with van der Waals surface area (Å²) in [5, 5.41) is 14.3. The first-order valence-electron chi connectivity index (χ1n) is 5.14. The lowest BCUT2D eigenvalue weighted by Gasteiger charge is -2.07. The molecule has 0 bridgehead atoms. The number of carbonyl (C=O) groups is 1. The summed E-state index contributed by atoms with van der Waals surface area (Å²) < 4.78 is 1.51. The van der Waals surface area contributed by atoms with Gasteiger partial charge in [0.25, 0.3) is 0 Å². The molecule has 18 heavy (non-hydrogen) atoms. The topological polar surface area (TPSA) is 55.1 Å². The van der Waals surface area contributed by atoms with Crippen LogP contribution in [-0.4, -0.2) is 20.9 Å². The first-order chi connectivity index (χ1) is 8.41. The van der Waals surface area contributed by atoms with Gasteiger partial charge < -0.3 is 5.11 Å². The van der Waals surface area contributed by atoms with Crippen LogP contribution in [0, 0.1) is 6.92 Å². The van der Waals surface area contributed by atoms with E-state index in [-0.39, 0.29) is 5.56 Å². The van der Waals surface area contributed by atoms with E-state index in [2.05, 4.69) is 5.10 Å². The van der Waals surface area contributed by atoms with E-state index in [1.807, 2.05) is 0 Å². The van der Waals surface area contributed by atoms with Gasteiger partial charge in [0.15, 0.2) is 0 Å². The number of rotatable bonds is 2. The number of benzene rings is 1. The summed E-state index contributed by atoms with van der Waals surface area (Å²) in [6.45, 7) is 1.65. The van der Waals surface area contributed by atoms with E-state index in [0.29, 0.717) is 27.0 Å². The van der Waals surface area contributed by atoms with Crippen LogP contribution in [0.25, 0.3) is 11.3 Å². The molecule has 1 N–H and O–H groups in total. The Morgan fingerprint density at radius 3 is 2.61 bits per heavy atom. The largest absolute Gasteiger partial charge is 0.478 e. The monoisotopic (exact) mass is 284 g/mol. The Balaban J connectivity index is 2.74. The number of aryl methyl sites for hydroxylation is 2. The summed E-state index contributed by atoms with van der Waals surface area (Å²) in [5.74, 6) is -1.03. The second-order valence-electron chi connectivity index (χ2n) is 3.86. The van der Waals surface area contributed by atoms with Crippen LogP contribution in [0.4, 0.5) is 0 Å².